The molecule has 0 aliphatic heterocycles. The van der Waals surface area contributed by atoms with Crippen LogP contribution in [0.15, 0.2) is 43.0 Å². The number of rotatable bonds is 5. The van der Waals surface area contributed by atoms with Crippen molar-refractivity contribution in [2.75, 3.05) is 7.05 Å². The lowest BCUT2D eigenvalue weighted by atomic mass is 10.0. The summed E-state index contributed by atoms with van der Waals surface area (Å²) in [7, 11) is 1.70. The number of H-pyrrole nitrogens is 1. The molecule has 0 bridgehead atoms. The van der Waals surface area contributed by atoms with Gasteiger partial charge in [-0.05, 0) is 25.1 Å². The minimum Gasteiger partial charge on any atom is -0.334 e. The van der Waals surface area contributed by atoms with E-state index in [1.807, 2.05) is 11.5 Å². The van der Waals surface area contributed by atoms with Gasteiger partial charge in [0.05, 0.1) is 29.5 Å². The molecule has 142 valence electrons. The van der Waals surface area contributed by atoms with Crippen molar-refractivity contribution in [3.63, 3.8) is 0 Å². The zero-order valence-corrected chi connectivity index (χ0v) is 15.4. The number of benzene rings is 1. The number of aromatic nitrogens is 6. The predicted molar refractivity (Wildman–Crippen MR) is 101 cm³/mol. The molecule has 9 heteroatoms. The number of hydrogen-bond donors (Lipinski definition) is 1. The number of pyridine rings is 1. The third kappa shape index (κ3) is 3.22. The highest BCUT2D eigenvalue weighted by atomic mass is 19.1. The molecule has 28 heavy (non-hydrogen) atoms. The van der Waals surface area contributed by atoms with E-state index in [4.69, 9.17) is 0 Å². The van der Waals surface area contributed by atoms with Crippen molar-refractivity contribution in [3.05, 3.63) is 60.2 Å². The minimum absolute atomic E-state index is 0.214. The number of nitrogens with one attached hydrogen (secondary N) is 1. The molecule has 3 heterocycles. The number of carbonyl (C=O) groups excluding carboxylic acids is 1. The summed E-state index contributed by atoms with van der Waals surface area (Å²) in [6.45, 7) is 3.00. The largest absolute Gasteiger partial charge is 0.334 e. The van der Waals surface area contributed by atoms with E-state index in [0.717, 1.165) is 0 Å². The first kappa shape index (κ1) is 17.8. The van der Waals surface area contributed by atoms with Crippen molar-refractivity contribution < 1.29 is 9.18 Å². The summed E-state index contributed by atoms with van der Waals surface area (Å²) in [6, 6.07) is 5.93. The number of amides is 1. The van der Waals surface area contributed by atoms with Crippen molar-refractivity contribution >= 4 is 16.8 Å². The third-order valence-corrected chi connectivity index (χ3v) is 4.56. The third-order valence-electron chi connectivity index (χ3n) is 4.56. The molecular formula is C19H18FN7O. The van der Waals surface area contributed by atoms with Crippen molar-refractivity contribution in [3.8, 4) is 11.3 Å². The highest BCUT2D eigenvalue weighted by Gasteiger charge is 2.20. The van der Waals surface area contributed by atoms with Crippen LogP contribution in [-0.2, 0) is 13.1 Å². The fraction of sp³-hybridized carbons (Fsp3) is 0.211. The Morgan fingerprint density at radius 3 is 2.93 bits per heavy atom. The Morgan fingerprint density at radius 1 is 1.32 bits per heavy atom. The second kappa shape index (κ2) is 7.18. The second-order valence-electron chi connectivity index (χ2n) is 6.40. The van der Waals surface area contributed by atoms with Crippen molar-refractivity contribution in [2.24, 2.45) is 0 Å². The lowest BCUT2D eigenvalue weighted by molar-refractivity contribution is 0.0782. The van der Waals surface area contributed by atoms with Gasteiger partial charge in [0.15, 0.2) is 5.82 Å². The molecule has 0 unspecified atom stereocenters. The molecule has 0 aliphatic carbocycles. The Morgan fingerprint density at radius 2 is 2.18 bits per heavy atom. The molecule has 0 aliphatic rings. The summed E-state index contributed by atoms with van der Waals surface area (Å²) in [6.07, 6.45) is 4.92. The van der Waals surface area contributed by atoms with Crippen LogP contribution < -0.4 is 0 Å². The number of carbonyl (C=O) groups is 1. The van der Waals surface area contributed by atoms with Gasteiger partial charge in [-0.15, -0.1) is 10.2 Å². The van der Waals surface area contributed by atoms with Crippen LogP contribution in [0.5, 0.6) is 0 Å². The van der Waals surface area contributed by atoms with Gasteiger partial charge in [0.1, 0.15) is 12.1 Å². The second-order valence-corrected chi connectivity index (χ2v) is 6.40. The van der Waals surface area contributed by atoms with E-state index in [9.17, 15) is 9.18 Å². The predicted octanol–water partition coefficient (Wildman–Crippen LogP) is 2.65. The monoisotopic (exact) mass is 379 g/mol. The van der Waals surface area contributed by atoms with Crippen molar-refractivity contribution in [2.45, 2.75) is 20.0 Å². The maximum atomic E-state index is 13.8. The number of aryl methyl sites for hydroxylation is 1. The molecule has 0 radical (unpaired) electrons. The number of nitrogens with zero attached hydrogens (tertiary/aromatic N) is 6. The van der Waals surface area contributed by atoms with Crippen LogP contribution in [0.3, 0.4) is 0 Å². The van der Waals surface area contributed by atoms with E-state index in [2.05, 4.69) is 25.4 Å². The Bertz CT molecular complexity index is 1140. The standard InChI is InChI=1S/C19H18FN7O/c1-3-27-11-23-25-18(27)10-26(2)19(28)15-7-16(12-8-21-22-9-12)24-17-6-13(20)4-5-14(15)17/h4-9,11H,3,10H2,1-2H3,(H,21,22). The van der Waals surface area contributed by atoms with E-state index in [-0.39, 0.29) is 5.91 Å². The summed E-state index contributed by atoms with van der Waals surface area (Å²) >= 11 is 0. The first-order valence-corrected chi connectivity index (χ1v) is 8.78. The van der Waals surface area contributed by atoms with Gasteiger partial charge in [-0.3, -0.25) is 9.89 Å². The molecule has 0 fully saturated rings. The van der Waals surface area contributed by atoms with E-state index in [0.29, 0.717) is 46.6 Å². The Kier molecular flexibility index (Phi) is 4.56. The average molecular weight is 379 g/mol. The smallest absolute Gasteiger partial charge is 0.254 e. The number of aromatic amines is 1. The van der Waals surface area contributed by atoms with Gasteiger partial charge in [0.2, 0.25) is 0 Å². The SMILES string of the molecule is CCn1cnnc1CN(C)C(=O)c1cc(-c2cn[nH]c2)nc2cc(F)ccc12. The topological polar surface area (TPSA) is 92.6 Å². The fourth-order valence-electron chi connectivity index (χ4n) is 3.07. The Labute approximate surface area is 160 Å². The first-order valence-electron chi connectivity index (χ1n) is 8.78. The van der Waals surface area contributed by atoms with Gasteiger partial charge >= 0.3 is 0 Å². The van der Waals surface area contributed by atoms with Crippen LogP contribution in [-0.4, -0.2) is 47.8 Å². The lowest BCUT2D eigenvalue weighted by Gasteiger charge is -2.18. The normalized spacial score (nSPS) is 11.1. The lowest BCUT2D eigenvalue weighted by Crippen LogP contribution is -2.28. The molecule has 0 saturated carbocycles. The van der Waals surface area contributed by atoms with Gasteiger partial charge in [0.25, 0.3) is 5.91 Å². The summed E-state index contributed by atoms with van der Waals surface area (Å²) in [5.41, 5.74) is 2.10. The molecular weight excluding hydrogens is 361 g/mol. The fourth-order valence-corrected chi connectivity index (χ4v) is 3.07. The molecule has 0 atom stereocenters. The maximum absolute atomic E-state index is 13.8. The summed E-state index contributed by atoms with van der Waals surface area (Å²) in [5.74, 6) is 0.0689. The average Bonchev–Trinajstić information content (AvgIpc) is 3.38. The van der Waals surface area contributed by atoms with Gasteiger partial charge in [0, 0.05) is 36.8 Å². The van der Waals surface area contributed by atoms with Gasteiger partial charge < -0.3 is 9.47 Å². The first-order chi connectivity index (χ1) is 13.6. The molecule has 3 aromatic heterocycles. The van der Waals surface area contributed by atoms with Crippen LogP contribution in [0.1, 0.15) is 23.1 Å². The quantitative estimate of drug-likeness (QED) is 0.575. The minimum atomic E-state index is -0.410. The number of fused-ring (bicyclic) bond motifs is 1. The van der Waals surface area contributed by atoms with Crippen LogP contribution in [0, 0.1) is 5.82 Å². The summed E-state index contributed by atoms with van der Waals surface area (Å²) in [5, 5.41) is 15.2. The molecule has 8 nitrogen and oxygen atoms in total. The van der Waals surface area contributed by atoms with E-state index >= 15 is 0 Å². The van der Waals surface area contributed by atoms with Gasteiger partial charge in [-0.2, -0.15) is 5.10 Å². The zero-order valence-electron chi connectivity index (χ0n) is 15.4. The van der Waals surface area contributed by atoms with Crippen LogP contribution in [0.25, 0.3) is 22.2 Å². The maximum Gasteiger partial charge on any atom is 0.254 e. The van der Waals surface area contributed by atoms with E-state index in [1.165, 1.54) is 12.1 Å². The highest BCUT2D eigenvalue weighted by Crippen LogP contribution is 2.26. The van der Waals surface area contributed by atoms with Crippen LogP contribution >= 0.6 is 0 Å². The Balaban J connectivity index is 1.76. The molecule has 1 amide bonds. The van der Waals surface area contributed by atoms with Crippen molar-refractivity contribution in [1.82, 2.24) is 34.8 Å². The molecule has 1 aromatic carbocycles. The van der Waals surface area contributed by atoms with Gasteiger partial charge in [-0.25, -0.2) is 9.37 Å². The van der Waals surface area contributed by atoms with E-state index < -0.39 is 5.82 Å². The van der Waals surface area contributed by atoms with Gasteiger partial charge in [-0.1, -0.05) is 0 Å². The molecule has 4 aromatic rings. The Hall–Kier alpha value is -3.62. The number of hydrogen-bond acceptors (Lipinski definition) is 5. The van der Waals surface area contributed by atoms with Crippen LogP contribution in [0.4, 0.5) is 4.39 Å². The molecule has 0 spiro atoms. The van der Waals surface area contributed by atoms with E-state index in [1.54, 1.807) is 42.8 Å². The highest BCUT2D eigenvalue weighted by molar-refractivity contribution is 6.07. The molecule has 0 saturated heterocycles. The summed E-state index contributed by atoms with van der Waals surface area (Å²) in [4.78, 5) is 19.3. The van der Waals surface area contributed by atoms with Crippen LogP contribution in [0.2, 0.25) is 0 Å². The molecule has 4 rings (SSSR count). The molecule has 1 N–H and O–H groups in total. The number of halogens is 1. The van der Waals surface area contributed by atoms with Crippen molar-refractivity contribution in [1.29, 1.82) is 0 Å². The zero-order chi connectivity index (χ0) is 19.7. The summed E-state index contributed by atoms with van der Waals surface area (Å²) < 4.78 is 15.6.